The molecule has 0 saturated heterocycles. The smallest absolute Gasteiger partial charge is 0.226 e. The zero-order valence-corrected chi connectivity index (χ0v) is 12.5. The summed E-state index contributed by atoms with van der Waals surface area (Å²) in [5.41, 5.74) is 2.16. The molecular weight excluding hydrogens is 270 g/mol. The fourth-order valence-electron chi connectivity index (χ4n) is 1.86. The van der Waals surface area contributed by atoms with Crippen molar-refractivity contribution in [3.63, 3.8) is 0 Å². The Bertz CT molecular complexity index is 554. The van der Waals surface area contributed by atoms with Gasteiger partial charge in [0.1, 0.15) is 5.82 Å². The minimum absolute atomic E-state index is 0.0203. The normalized spacial score (nSPS) is 12.1. The molecule has 0 aliphatic rings. The van der Waals surface area contributed by atoms with E-state index in [1.807, 2.05) is 19.1 Å². The number of hydrogen-bond donors (Lipinski definition) is 2. The van der Waals surface area contributed by atoms with Crippen molar-refractivity contribution in [2.24, 2.45) is 0 Å². The van der Waals surface area contributed by atoms with E-state index in [0.29, 0.717) is 18.8 Å². The van der Waals surface area contributed by atoms with Crippen LogP contribution in [0.1, 0.15) is 30.6 Å². The highest BCUT2D eigenvalue weighted by atomic mass is 32.1. The molecule has 0 bridgehead atoms. The van der Waals surface area contributed by atoms with Crippen molar-refractivity contribution in [3.8, 4) is 0 Å². The van der Waals surface area contributed by atoms with Crippen molar-refractivity contribution in [3.05, 3.63) is 46.3 Å². The number of carbonyl (C=O) groups is 1. The van der Waals surface area contributed by atoms with Gasteiger partial charge < -0.3 is 10.6 Å². The van der Waals surface area contributed by atoms with Gasteiger partial charge in [-0.25, -0.2) is 4.98 Å². The Morgan fingerprint density at radius 1 is 1.40 bits per heavy atom. The summed E-state index contributed by atoms with van der Waals surface area (Å²) < 4.78 is 0. The summed E-state index contributed by atoms with van der Waals surface area (Å²) >= 11 is 1.68. The number of aromatic nitrogens is 1. The van der Waals surface area contributed by atoms with E-state index in [1.165, 1.54) is 5.56 Å². The van der Waals surface area contributed by atoms with E-state index in [-0.39, 0.29) is 11.9 Å². The molecule has 20 heavy (non-hydrogen) atoms. The number of nitrogens with zero attached hydrogens (tertiary/aromatic N) is 1. The molecule has 0 aromatic carbocycles. The van der Waals surface area contributed by atoms with Crippen LogP contribution >= 0.6 is 11.3 Å². The predicted octanol–water partition coefficient (Wildman–Crippen LogP) is 3.13. The molecule has 1 atom stereocenters. The number of thiophene rings is 1. The molecule has 2 rings (SSSR count). The van der Waals surface area contributed by atoms with Crippen LogP contribution in [-0.2, 0) is 4.79 Å². The molecule has 2 N–H and O–H groups in total. The van der Waals surface area contributed by atoms with Crippen molar-refractivity contribution >= 4 is 23.1 Å². The van der Waals surface area contributed by atoms with Crippen molar-refractivity contribution in [2.45, 2.75) is 26.3 Å². The highest BCUT2D eigenvalue weighted by Crippen LogP contribution is 2.15. The largest absolute Gasteiger partial charge is 0.311 e. The highest BCUT2D eigenvalue weighted by Gasteiger charge is 2.07. The quantitative estimate of drug-likeness (QED) is 0.859. The predicted molar refractivity (Wildman–Crippen MR) is 83.0 cm³/mol. The zero-order chi connectivity index (χ0) is 14.4. The Morgan fingerprint density at radius 3 is 2.95 bits per heavy atom. The molecule has 1 amide bonds. The van der Waals surface area contributed by atoms with Crippen LogP contribution in [0.4, 0.5) is 5.82 Å². The maximum absolute atomic E-state index is 11.8. The van der Waals surface area contributed by atoms with Gasteiger partial charge in [-0.05, 0) is 48.4 Å². The molecular formula is C15H19N3OS. The van der Waals surface area contributed by atoms with E-state index < -0.39 is 0 Å². The second kappa shape index (κ2) is 7.17. The minimum Gasteiger partial charge on any atom is -0.311 e. The minimum atomic E-state index is -0.0203. The molecule has 4 nitrogen and oxygen atoms in total. The summed E-state index contributed by atoms with van der Waals surface area (Å²) in [4.78, 5) is 16.0. The first kappa shape index (κ1) is 14.7. The van der Waals surface area contributed by atoms with Gasteiger partial charge >= 0.3 is 0 Å². The monoisotopic (exact) mass is 289 g/mol. The maximum Gasteiger partial charge on any atom is 0.226 e. The van der Waals surface area contributed by atoms with Crippen LogP contribution in [-0.4, -0.2) is 17.4 Å². The lowest BCUT2D eigenvalue weighted by Gasteiger charge is -2.12. The number of hydrogen-bond acceptors (Lipinski definition) is 4. The molecule has 0 saturated carbocycles. The summed E-state index contributed by atoms with van der Waals surface area (Å²) in [6.07, 6.45) is 0.435. The van der Waals surface area contributed by atoms with Gasteiger partial charge in [-0.3, -0.25) is 4.79 Å². The molecule has 2 aromatic heterocycles. The Balaban J connectivity index is 1.73. The molecule has 2 heterocycles. The van der Waals surface area contributed by atoms with Crippen LogP contribution < -0.4 is 10.6 Å². The first-order valence-electron chi connectivity index (χ1n) is 6.64. The fraction of sp³-hybridized carbons (Fsp3) is 0.333. The van der Waals surface area contributed by atoms with Gasteiger partial charge in [-0.2, -0.15) is 11.3 Å². The molecule has 0 spiro atoms. The molecule has 0 aliphatic carbocycles. The molecule has 5 heteroatoms. The van der Waals surface area contributed by atoms with Crippen molar-refractivity contribution in [1.82, 2.24) is 10.3 Å². The van der Waals surface area contributed by atoms with Gasteiger partial charge in [-0.15, -0.1) is 0 Å². The second-order valence-corrected chi connectivity index (χ2v) is 5.47. The molecule has 0 radical (unpaired) electrons. The van der Waals surface area contributed by atoms with Crippen LogP contribution in [0.3, 0.4) is 0 Å². The maximum atomic E-state index is 11.8. The Hall–Kier alpha value is -1.72. The van der Waals surface area contributed by atoms with E-state index in [2.05, 4.69) is 39.4 Å². The number of amides is 1. The van der Waals surface area contributed by atoms with Crippen LogP contribution in [0.15, 0.2) is 35.0 Å². The van der Waals surface area contributed by atoms with Crippen molar-refractivity contribution in [1.29, 1.82) is 0 Å². The van der Waals surface area contributed by atoms with Gasteiger partial charge in [0, 0.05) is 24.7 Å². The fourth-order valence-corrected chi connectivity index (χ4v) is 2.61. The summed E-state index contributed by atoms with van der Waals surface area (Å²) in [6, 6.07) is 7.95. The number of nitrogens with one attached hydrogen (secondary N) is 2. The topological polar surface area (TPSA) is 54.0 Å². The highest BCUT2D eigenvalue weighted by molar-refractivity contribution is 7.07. The number of aryl methyl sites for hydroxylation is 1. The standard InChI is InChI=1S/C15H19N3OS/c1-11-4-3-5-14(17-11)18-15(19)6-8-16-12(2)13-7-9-20-10-13/h3-5,7,9-10,12,16H,6,8H2,1-2H3,(H,17,18,19)/t12-/m0/s1. The molecule has 0 fully saturated rings. The van der Waals surface area contributed by atoms with E-state index >= 15 is 0 Å². The summed E-state index contributed by atoms with van der Waals surface area (Å²) in [7, 11) is 0. The lowest BCUT2D eigenvalue weighted by molar-refractivity contribution is -0.116. The number of rotatable bonds is 6. The Morgan fingerprint density at radius 2 is 2.25 bits per heavy atom. The molecule has 0 aliphatic heterocycles. The van der Waals surface area contributed by atoms with Gasteiger partial charge in [0.25, 0.3) is 0 Å². The lowest BCUT2D eigenvalue weighted by atomic mass is 10.2. The average Bonchev–Trinajstić information content (AvgIpc) is 2.92. The first-order chi connectivity index (χ1) is 9.65. The van der Waals surface area contributed by atoms with Crippen LogP contribution in [0.25, 0.3) is 0 Å². The third-order valence-electron chi connectivity index (χ3n) is 3.00. The van der Waals surface area contributed by atoms with Gasteiger partial charge in [0.2, 0.25) is 5.91 Å². The van der Waals surface area contributed by atoms with E-state index in [0.717, 1.165) is 5.69 Å². The summed E-state index contributed by atoms with van der Waals surface area (Å²) in [5.74, 6) is 0.592. The zero-order valence-electron chi connectivity index (χ0n) is 11.7. The Kier molecular flexibility index (Phi) is 5.26. The second-order valence-electron chi connectivity index (χ2n) is 4.69. The van der Waals surface area contributed by atoms with E-state index in [1.54, 1.807) is 17.4 Å². The number of anilines is 1. The average molecular weight is 289 g/mol. The SMILES string of the molecule is Cc1cccc(NC(=O)CCN[C@@H](C)c2ccsc2)n1. The van der Waals surface area contributed by atoms with Crippen molar-refractivity contribution < 1.29 is 4.79 Å². The summed E-state index contributed by atoms with van der Waals surface area (Å²) in [6.45, 7) is 4.65. The van der Waals surface area contributed by atoms with Crippen molar-refractivity contribution in [2.75, 3.05) is 11.9 Å². The van der Waals surface area contributed by atoms with Gasteiger partial charge in [0.05, 0.1) is 0 Å². The van der Waals surface area contributed by atoms with Gasteiger partial charge in [-0.1, -0.05) is 6.07 Å². The van der Waals surface area contributed by atoms with E-state index in [9.17, 15) is 4.79 Å². The third-order valence-corrected chi connectivity index (χ3v) is 3.70. The lowest BCUT2D eigenvalue weighted by Crippen LogP contribution is -2.24. The van der Waals surface area contributed by atoms with Crippen LogP contribution in [0.2, 0.25) is 0 Å². The number of pyridine rings is 1. The Labute approximate surface area is 123 Å². The number of carbonyl (C=O) groups excluding carboxylic acids is 1. The third kappa shape index (κ3) is 4.43. The summed E-state index contributed by atoms with van der Waals surface area (Å²) in [5, 5.41) is 10.3. The molecule has 2 aromatic rings. The van der Waals surface area contributed by atoms with Crippen LogP contribution in [0, 0.1) is 6.92 Å². The van der Waals surface area contributed by atoms with Gasteiger partial charge in [0.15, 0.2) is 0 Å². The van der Waals surface area contributed by atoms with E-state index in [4.69, 9.17) is 0 Å². The van der Waals surface area contributed by atoms with Crippen LogP contribution in [0.5, 0.6) is 0 Å². The molecule has 106 valence electrons. The molecule has 0 unspecified atom stereocenters. The first-order valence-corrected chi connectivity index (χ1v) is 7.58.